The molecule has 132 valence electrons. The number of thiazole rings is 1. The minimum atomic E-state index is 0.614. The monoisotopic (exact) mass is 339 g/mol. The first kappa shape index (κ1) is 19.9. The van der Waals surface area contributed by atoms with Gasteiger partial charge in [-0.3, -0.25) is 4.99 Å². The molecule has 0 aliphatic carbocycles. The van der Waals surface area contributed by atoms with E-state index in [-0.39, 0.29) is 0 Å². The normalized spacial score (nSPS) is 12.3. The molecule has 1 aromatic heterocycles. The second-order valence-corrected chi connectivity index (χ2v) is 7.29. The molecule has 5 nitrogen and oxygen atoms in total. The molecule has 1 aromatic rings. The molecule has 0 aromatic carbocycles. The number of unbranched alkanes of at least 4 members (excludes halogenated alkanes) is 1. The molecule has 0 radical (unpaired) electrons. The summed E-state index contributed by atoms with van der Waals surface area (Å²) in [5, 5.41) is 6.61. The van der Waals surface area contributed by atoms with Crippen LogP contribution in [0.2, 0.25) is 0 Å². The Bertz CT molecular complexity index is 469. The maximum atomic E-state index is 4.75. The first-order chi connectivity index (χ1) is 10.9. The lowest BCUT2D eigenvalue weighted by molar-refractivity contribution is 0.269. The van der Waals surface area contributed by atoms with E-state index in [1.807, 2.05) is 6.92 Å². The van der Waals surface area contributed by atoms with Gasteiger partial charge < -0.3 is 15.1 Å². The van der Waals surface area contributed by atoms with E-state index in [0.29, 0.717) is 6.04 Å². The molecule has 0 aliphatic heterocycles. The Morgan fingerprint density at radius 3 is 2.65 bits per heavy atom. The van der Waals surface area contributed by atoms with E-state index in [1.54, 1.807) is 11.3 Å². The number of guanidine groups is 1. The van der Waals surface area contributed by atoms with Crippen LogP contribution in [0.1, 0.15) is 44.3 Å². The Labute approximate surface area is 145 Å². The average molecular weight is 340 g/mol. The maximum Gasteiger partial charge on any atom is 0.194 e. The summed E-state index contributed by atoms with van der Waals surface area (Å²) in [5.41, 5.74) is 1.11. The van der Waals surface area contributed by atoms with E-state index in [2.05, 4.69) is 60.3 Å². The van der Waals surface area contributed by atoms with E-state index < -0.39 is 0 Å². The first-order valence-corrected chi connectivity index (χ1v) is 9.42. The molecule has 0 bridgehead atoms. The van der Waals surface area contributed by atoms with Crippen LogP contribution in [0, 0.1) is 6.92 Å². The molecule has 0 saturated carbocycles. The number of hydrogen-bond donors (Lipinski definition) is 1. The zero-order chi connectivity index (χ0) is 17.2. The second-order valence-electron chi connectivity index (χ2n) is 6.23. The minimum absolute atomic E-state index is 0.614. The zero-order valence-electron chi connectivity index (χ0n) is 15.6. The lowest BCUT2D eigenvalue weighted by Crippen LogP contribution is -2.38. The molecule has 0 atom stereocenters. The van der Waals surface area contributed by atoms with Crippen molar-refractivity contribution in [3.05, 3.63) is 16.1 Å². The van der Waals surface area contributed by atoms with Gasteiger partial charge in [0, 0.05) is 31.6 Å². The molecule has 0 spiro atoms. The predicted molar refractivity (Wildman–Crippen MR) is 101 cm³/mol. The summed E-state index contributed by atoms with van der Waals surface area (Å²) in [6.45, 7) is 12.3. The summed E-state index contributed by atoms with van der Waals surface area (Å²) in [5.74, 6) is 0.968. The Morgan fingerprint density at radius 1 is 1.35 bits per heavy atom. The topological polar surface area (TPSA) is 43.8 Å². The van der Waals surface area contributed by atoms with Crippen molar-refractivity contribution in [3.63, 3.8) is 0 Å². The van der Waals surface area contributed by atoms with Crippen LogP contribution < -0.4 is 5.32 Å². The predicted octanol–water partition coefficient (Wildman–Crippen LogP) is 2.97. The Balaban J connectivity index is 2.42. The van der Waals surface area contributed by atoms with Crippen LogP contribution >= 0.6 is 11.3 Å². The van der Waals surface area contributed by atoms with Crippen molar-refractivity contribution in [1.29, 1.82) is 0 Å². The second kappa shape index (κ2) is 10.6. The van der Waals surface area contributed by atoms with E-state index in [4.69, 9.17) is 4.99 Å². The van der Waals surface area contributed by atoms with Crippen molar-refractivity contribution in [2.45, 2.75) is 53.1 Å². The standard InChI is InChI=1S/C17H33N5S/c1-7-18-17(19-10-8-9-11-21(5)14(2)3)22(6)12-16-13-23-15(4)20-16/h13-14H,7-12H2,1-6H3,(H,18,19). The van der Waals surface area contributed by atoms with E-state index in [9.17, 15) is 0 Å². The molecule has 1 heterocycles. The van der Waals surface area contributed by atoms with Crippen molar-refractivity contribution >= 4 is 17.3 Å². The number of aliphatic imine (C=N–C) groups is 1. The molecule has 23 heavy (non-hydrogen) atoms. The van der Waals surface area contributed by atoms with Crippen LogP contribution in [0.15, 0.2) is 10.4 Å². The molecule has 0 aliphatic rings. The van der Waals surface area contributed by atoms with Gasteiger partial charge in [-0.15, -0.1) is 11.3 Å². The SMILES string of the molecule is CCNC(=NCCCCN(C)C(C)C)N(C)Cc1csc(C)n1. The van der Waals surface area contributed by atoms with Crippen molar-refractivity contribution in [2.75, 3.05) is 33.7 Å². The summed E-state index contributed by atoms with van der Waals surface area (Å²) >= 11 is 1.70. The highest BCUT2D eigenvalue weighted by Gasteiger charge is 2.08. The zero-order valence-corrected chi connectivity index (χ0v) is 16.4. The fourth-order valence-electron chi connectivity index (χ4n) is 2.18. The third-order valence-corrected chi connectivity index (χ3v) is 4.65. The third-order valence-electron chi connectivity index (χ3n) is 3.82. The van der Waals surface area contributed by atoms with Crippen molar-refractivity contribution in [3.8, 4) is 0 Å². The van der Waals surface area contributed by atoms with Gasteiger partial charge in [0.2, 0.25) is 0 Å². The Kier molecular flexibility index (Phi) is 9.17. The average Bonchev–Trinajstić information content (AvgIpc) is 2.90. The molecule has 6 heteroatoms. The highest BCUT2D eigenvalue weighted by atomic mass is 32.1. The molecular weight excluding hydrogens is 306 g/mol. The van der Waals surface area contributed by atoms with Crippen LogP contribution in [0.3, 0.4) is 0 Å². The van der Waals surface area contributed by atoms with Gasteiger partial charge in [-0.05, 0) is 54.1 Å². The quantitative estimate of drug-likeness (QED) is 0.427. The van der Waals surface area contributed by atoms with Crippen LogP contribution in [-0.2, 0) is 6.54 Å². The summed E-state index contributed by atoms with van der Waals surface area (Å²) in [7, 11) is 4.25. The third kappa shape index (κ3) is 7.79. The lowest BCUT2D eigenvalue weighted by Gasteiger charge is -2.22. The van der Waals surface area contributed by atoms with Crippen LogP contribution in [0.5, 0.6) is 0 Å². The number of nitrogens with one attached hydrogen (secondary N) is 1. The van der Waals surface area contributed by atoms with Gasteiger partial charge in [0.1, 0.15) is 0 Å². The first-order valence-electron chi connectivity index (χ1n) is 8.54. The van der Waals surface area contributed by atoms with E-state index in [1.165, 1.54) is 6.42 Å². The molecule has 0 saturated heterocycles. The summed E-state index contributed by atoms with van der Waals surface area (Å²) in [4.78, 5) is 13.8. The molecule has 0 fully saturated rings. The van der Waals surface area contributed by atoms with Gasteiger partial charge in [0.25, 0.3) is 0 Å². The van der Waals surface area contributed by atoms with Gasteiger partial charge in [0.15, 0.2) is 5.96 Å². The van der Waals surface area contributed by atoms with Gasteiger partial charge in [-0.25, -0.2) is 4.98 Å². The highest BCUT2D eigenvalue weighted by molar-refractivity contribution is 7.09. The summed E-state index contributed by atoms with van der Waals surface area (Å²) in [6, 6.07) is 0.614. The minimum Gasteiger partial charge on any atom is -0.357 e. The highest BCUT2D eigenvalue weighted by Crippen LogP contribution is 2.09. The van der Waals surface area contributed by atoms with E-state index in [0.717, 1.165) is 49.3 Å². The smallest absolute Gasteiger partial charge is 0.194 e. The van der Waals surface area contributed by atoms with Gasteiger partial charge in [-0.2, -0.15) is 0 Å². The molecule has 0 unspecified atom stereocenters. The van der Waals surface area contributed by atoms with Crippen molar-refractivity contribution in [1.82, 2.24) is 20.1 Å². The lowest BCUT2D eigenvalue weighted by atomic mass is 10.2. The van der Waals surface area contributed by atoms with Crippen LogP contribution in [0.25, 0.3) is 0 Å². The maximum absolute atomic E-state index is 4.75. The van der Waals surface area contributed by atoms with E-state index >= 15 is 0 Å². The van der Waals surface area contributed by atoms with Gasteiger partial charge in [-0.1, -0.05) is 0 Å². The molecule has 0 amide bonds. The van der Waals surface area contributed by atoms with Crippen LogP contribution in [-0.4, -0.2) is 60.5 Å². The number of rotatable bonds is 9. The van der Waals surface area contributed by atoms with Gasteiger partial charge >= 0.3 is 0 Å². The molecular formula is C17H33N5S. The fraction of sp³-hybridized carbons (Fsp3) is 0.765. The Hall–Kier alpha value is -1.14. The largest absolute Gasteiger partial charge is 0.357 e. The number of nitrogens with zero attached hydrogens (tertiary/aromatic N) is 4. The fourth-order valence-corrected chi connectivity index (χ4v) is 2.79. The van der Waals surface area contributed by atoms with Crippen molar-refractivity contribution < 1.29 is 0 Å². The number of aromatic nitrogens is 1. The van der Waals surface area contributed by atoms with Crippen LogP contribution in [0.4, 0.5) is 0 Å². The number of hydrogen-bond acceptors (Lipinski definition) is 4. The van der Waals surface area contributed by atoms with Crippen molar-refractivity contribution in [2.24, 2.45) is 4.99 Å². The molecule has 1 rings (SSSR count). The summed E-state index contributed by atoms with van der Waals surface area (Å²) < 4.78 is 0. The molecule has 1 N–H and O–H groups in total. The Morgan fingerprint density at radius 2 is 2.09 bits per heavy atom. The van der Waals surface area contributed by atoms with Gasteiger partial charge in [0.05, 0.1) is 17.2 Å². The summed E-state index contributed by atoms with van der Waals surface area (Å²) in [6.07, 6.45) is 2.31. The number of aryl methyl sites for hydroxylation is 1.